The number of hydrogen-bond acceptors (Lipinski definition) is 4. The summed E-state index contributed by atoms with van der Waals surface area (Å²) < 4.78 is 13.2. The number of ether oxygens (including phenoxy) is 2. The van der Waals surface area contributed by atoms with Crippen molar-refractivity contribution in [3.63, 3.8) is 0 Å². The van der Waals surface area contributed by atoms with E-state index in [9.17, 15) is 0 Å². The molecule has 27 heavy (non-hydrogen) atoms. The van der Waals surface area contributed by atoms with Gasteiger partial charge in [-0.15, -0.1) is 5.10 Å². The first-order valence-electron chi connectivity index (χ1n) is 8.64. The van der Waals surface area contributed by atoms with Crippen LogP contribution in [-0.2, 0) is 0 Å². The molecule has 0 N–H and O–H groups in total. The van der Waals surface area contributed by atoms with Gasteiger partial charge in [0.05, 0.1) is 13.3 Å². The van der Waals surface area contributed by atoms with E-state index in [2.05, 4.69) is 10.3 Å². The van der Waals surface area contributed by atoms with Gasteiger partial charge in [0.1, 0.15) is 22.9 Å². The number of rotatable bonds is 5. The summed E-state index contributed by atoms with van der Waals surface area (Å²) >= 11 is 0. The standard InChI is InChI=1S/C22H19N3O2/c1-16-11-13-17(14-12-16)27-22-10-6-4-8-20(22)25-15-19(23-24-25)18-7-3-5-9-21(18)26-2/h3-15H,1-2H3. The van der Waals surface area contributed by atoms with Crippen molar-refractivity contribution in [1.82, 2.24) is 15.0 Å². The highest BCUT2D eigenvalue weighted by Crippen LogP contribution is 2.31. The summed E-state index contributed by atoms with van der Waals surface area (Å²) in [6.07, 6.45) is 1.87. The predicted molar refractivity (Wildman–Crippen MR) is 105 cm³/mol. The number of methoxy groups -OCH3 is 1. The Labute approximate surface area is 157 Å². The zero-order valence-corrected chi connectivity index (χ0v) is 15.2. The molecule has 0 saturated carbocycles. The minimum Gasteiger partial charge on any atom is -0.496 e. The van der Waals surface area contributed by atoms with Crippen LogP contribution in [0, 0.1) is 6.92 Å². The second-order valence-corrected chi connectivity index (χ2v) is 6.13. The molecule has 1 aromatic heterocycles. The van der Waals surface area contributed by atoms with Crippen molar-refractivity contribution >= 4 is 0 Å². The predicted octanol–water partition coefficient (Wildman–Crippen LogP) is 5.04. The molecule has 4 aromatic rings. The van der Waals surface area contributed by atoms with E-state index < -0.39 is 0 Å². The third-order valence-electron chi connectivity index (χ3n) is 4.24. The molecular formula is C22H19N3O2. The molecule has 1 heterocycles. The summed E-state index contributed by atoms with van der Waals surface area (Å²) in [5.74, 6) is 2.24. The Kier molecular flexibility index (Phi) is 4.58. The average molecular weight is 357 g/mol. The fourth-order valence-corrected chi connectivity index (χ4v) is 2.83. The maximum atomic E-state index is 6.07. The molecule has 134 valence electrons. The van der Waals surface area contributed by atoms with E-state index >= 15 is 0 Å². The first-order chi connectivity index (χ1) is 13.2. The highest BCUT2D eigenvalue weighted by atomic mass is 16.5. The van der Waals surface area contributed by atoms with Crippen LogP contribution in [-0.4, -0.2) is 22.1 Å². The molecule has 0 bridgehead atoms. The van der Waals surface area contributed by atoms with Gasteiger partial charge in [0.25, 0.3) is 0 Å². The van der Waals surface area contributed by atoms with Gasteiger partial charge in [0.2, 0.25) is 0 Å². The quantitative estimate of drug-likeness (QED) is 0.502. The summed E-state index contributed by atoms with van der Waals surface area (Å²) in [6, 6.07) is 23.4. The molecule has 5 nitrogen and oxygen atoms in total. The van der Waals surface area contributed by atoms with Crippen molar-refractivity contribution in [1.29, 1.82) is 0 Å². The Morgan fingerprint density at radius 3 is 2.30 bits per heavy atom. The topological polar surface area (TPSA) is 49.2 Å². The lowest BCUT2D eigenvalue weighted by atomic mass is 10.1. The van der Waals surface area contributed by atoms with Crippen molar-refractivity contribution in [2.45, 2.75) is 6.92 Å². The zero-order valence-electron chi connectivity index (χ0n) is 15.2. The number of hydrogen-bond donors (Lipinski definition) is 0. The van der Waals surface area contributed by atoms with Crippen LogP contribution in [0.5, 0.6) is 17.2 Å². The average Bonchev–Trinajstić information content (AvgIpc) is 3.20. The Morgan fingerprint density at radius 1 is 0.815 bits per heavy atom. The van der Waals surface area contributed by atoms with E-state index in [0.717, 1.165) is 28.4 Å². The lowest BCUT2D eigenvalue weighted by Crippen LogP contribution is -1.98. The van der Waals surface area contributed by atoms with Crippen molar-refractivity contribution < 1.29 is 9.47 Å². The third kappa shape index (κ3) is 3.53. The van der Waals surface area contributed by atoms with Gasteiger partial charge in [-0.3, -0.25) is 0 Å². The highest BCUT2D eigenvalue weighted by molar-refractivity contribution is 5.66. The van der Waals surface area contributed by atoms with Crippen molar-refractivity contribution in [2.75, 3.05) is 7.11 Å². The van der Waals surface area contributed by atoms with Crippen LogP contribution in [0.1, 0.15) is 5.56 Å². The lowest BCUT2D eigenvalue weighted by molar-refractivity contribution is 0.416. The Morgan fingerprint density at radius 2 is 1.52 bits per heavy atom. The molecule has 0 atom stereocenters. The van der Waals surface area contributed by atoms with E-state index in [0.29, 0.717) is 5.75 Å². The Hall–Kier alpha value is -3.60. The minimum absolute atomic E-state index is 0.706. The van der Waals surface area contributed by atoms with Crippen LogP contribution in [0.4, 0.5) is 0 Å². The second-order valence-electron chi connectivity index (χ2n) is 6.13. The summed E-state index contributed by atoms with van der Waals surface area (Å²) in [5, 5.41) is 8.59. The molecule has 0 aliphatic heterocycles. The summed E-state index contributed by atoms with van der Waals surface area (Å²) in [7, 11) is 1.65. The van der Waals surface area contributed by atoms with Crippen LogP contribution >= 0.6 is 0 Å². The first kappa shape index (κ1) is 16.8. The van der Waals surface area contributed by atoms with Gasteiger partial charge in [0.15, 0.2) is 5.75 Å². The minimum atomic E-state index is 0.706. The third-order valence-corrected chi connectivity index (χ3v) is 4.24. The molecule has 0 fully saturated rings. The molecule has 0 saturated heterocycles. The van der Waals surface area contributed by atoms with Crippen LogP contribution in [0.15, 0.2) is 79.0 Å². The molecule has 0 amide bonds. The van der Waals surface area contributed by atoms with Crippen molar-refractivity contribution in [2.24, 2.45) is 0 Å². The number of para-hydroxylation sites is 3. The Bertz CT molecular complexity index is 1060. The summed E-state index contributed by atoms with van der Waals surface area (Å²) in [6.45, 7) is 2.05. The van der Waals surface area contributed by atoms with Gasteiger partial charge >= 0.3 is 0 Å². The van der Waals surface area contributed by atoms with Crippen LogP contribution < -0.4 is 9.47 Å². The van der Waals surface area contributed by atoms with Gasteiger partial charge in [-0.25, -0.2) is 4.68 Å². The number of benzene rings is 3. The number of aromatic nitrogens is 3. The van der Waals surface area contributed by atoms with Gasteiger partial charge in [0, 0.05) is 5.56 Å². The Balaban J connectivity index is 1.69. The van der Waals surface area contributed by atoms with Gasteiger partial charge in [-0.2, -0.15) is 0 Å². The van der Waals surface area contributed by atoms with E-state index in [-0.39, 0.29) is 0 Å². The van der Waals surface area contributed by atoms with E-state index in [1.165, 1.54) is 5.56 Å². The maximum absolute atomic E-state index is 6.07. The van der Waals surface area contributed by atoms with E-state index in [1.54, 1.807) is 11.8 Å². The fraction of sp³-hybridized carbons (Fsp3) is 0.0909. The van der Waals surface area contributed by atoms with Gasteiger partial charge in [-0.05, 0) is 43.3 Å². The lowest BCUT2D eigenvalue weighted by Gasteiger charge is -2.10. The first-order valence-corrected chi connectivity index (χ1v) is 8.64. The largest absolute Gasteiger partial charge is 0.496 e. The smallest absolute Gasteiger partial charge is 0.153 e. The highest BCUT2D eigenvalue weighted by Gasteiger charge is 2.13. The van der Waals surface area contributed by atoms with Crippen LogP contribution in [0.25, 0.3) is 16.9 Å². The van der Waals surface area contributed by atoms with Gasteiger partial charge < -0.3 is 9.47 Å². The second kappa shape index (κ2) is 7.33. The SMILES string of the molecule is COc1ccccc1-c1cn(-c2ccccc2Oc2ccc(C)cc2)nn1. The van der Waals surface area contributed by atoms with E-state index in [1.807, 2.05) is 85.9 Å². The maximum Gasteiger partial charge on any atom is 0.153 e. The molecule has 3 aromatic carbocycles. The van der Waals surface area contributed by atoms with Crippen LogP contribution in [0.2, 0.25) is 0 Å². The number of nitrogens with zero attached hydrogens (tertiary/aromatic N) is 3. The van der Waals surface area contributed by atoms with Gasteiger partial charge in [-0.1, -0.05) is 47.2 Å². The van der Waals surface area contributed by atoms with Crippen molar-refractivity contribution in [3.8, 4) is 34.2 Å². The molecule has 0 spiro atoms. The monoisotopic (exact) mass is 357 g/mol. The zero-order chi connectivity index (χ0) is 18.6. The summed E-state index contributed by atoms with van der Waals surface area (Å²) in [5.41, 5.74) is 3.63. The molecule has 4 rings (SSSR count). The molecule has 0 aliphatic rings. The van der Waals surface area contributed by atoms with Crippen LogP contribution in [0.3, 0.4) is 0 Å². The van der Waals surface area contributed by atoms with E-state index in [4.69, 9.17) is 9.47 Å². The van der Waals surface area contributed by atoms with Crippen molar-refractivity contribution in [3.05, 3.63) is 84.6 Å². The fourth-order valence-electron chi connectivity index (χ4n) is 2.83. The molecule has 0 aliphatic carbocycles. The molecule has 0 radical (unpaired) electrons. The molecular weight excluding hydrogens is 338 g/mol. The molecule has 0 unspecified atom stereocenters. The number of aryl methyl sites for hydroxylation is 1. The summed E-state index contributed by atoms with van der Waals surface area (Å²) in [4.78, 5) is 0. The molecule has 5 heteroatoms. The normalized spacial score (nSPS) is 10.6.